The van der Waals surface area contributed by atoms with Gasteiger partial charge >= 0.3 is 0 Å². The lowest BCUT2D eigenvalue weighted by Crippen LogP contribution is -2.28. The van der Waals surface area contributed by atoms with Gasteiger partial charge in [-0.25, -0.2) is 4.68 Å². The number of hydrogen-bond donors (Lipinski definition) is 0. The molecule has 2 heterocycles. The lowest BCUT2D eigenvalue weighted by Gasteiger charge is -2.17. The summed E-state index contributed by atoms with van der Waals surface area (Å²) in [6.45, 7) is 8.85. The van der Waals surface area contributed by atoms with Crippen molar-refractivity contribution < 1.29 is 9.53 Å². The summed E-state index contributed by atoms with van der Waals surface area (Å²) < 4.78 is 7.43. The largest absolute Gasteiger partial charge is 0.374 e. The predicted octanol–water partition coefficient (Wildman–Crippen LogP) is 1.93. The molecule has 100 valence electrons. The van der Waals surface area contributed by atoms with Crippen LogP contribution in [-0.2, 0) is 11.3 Å². The zero-order valence-corrected chi connectivity index (χ0v) is 11.5. The summed E-state index contributed by atoms with van der Waals surface area (Å²) in [6, 6.07) is 0. The Hall–Kier alpha value is -1.23. The molecule has 5 heteroatoms. The van der Waals surface area contributed by atoms with Crippen molar-refractivity contribution in [3.8, 4) is 0 Å². The Labute approximate surface area is 108 Å². The molecule has 1 aliphatic rings. The number of carbonyl (C=O) groups is 1. The van der Waals surface area contributed by atoms with Crippen molar-refractivity contribution in [3.63, 3.8) is 0 Å². The lowest BCUT2D eigenvalue weighted by atomic mass is 9.85. The van der Waals surface area contributed by atoms with Gasteiger partial charge in [0, 0.05) is 6.54 Å². The Morgan fingerprint density at radius 3 is 2.67 bits per heavy atom. The van der Waals surface area contributed by atoms with Crippen LogP contribution >= 0.6 is 0 Å². The first kappa shape index (κ1) is 13.2. The molecule has 0 radical (unpaired) electrons. The number of rotatable bonds is 4. The van der Waals surface area contributed by atoms with E-state index in [0.717, 1.165) is 13.0 Å². The summed E-state index contributed by atoms with van der Waals surface area (Å²) in [4.78, 5) is 12.6. The standard InChI is InChI=1S/C13H21N3O2/c1-5-6-16-11(7-14-15-16)13(17)12-8(2)9(3)18-10(12)4/h7-10,12H,5-6H2,1-4H3. The predicted molar refractivity (Wildman–Crippen MR) is 67.3 cm³/mol. The lowest BCUT2D eigenvalue weighted by molar-refractivity contribution is 0.0488. The number of ether oxygens (including phenoxy) is 1. The molecule has 1 aliphatic heterocycles. The van der Waals surface area contributed by atoms with Gasteiger partial charge < -0.3 is 4.74 Å². The van der Waals surface area contributed by atoms with Gasteiger partial charge in [-0.05, 0) is 26.2 Å². The molecule has 0 amide bonds. The van der Waals surface area contributed by atoms with Crippen LogP contribution in [-0.4, -0.2) is 33.0 Å². The Morgan fingerprint density at radius 1 is 1.39 bits per heavy atom. The molecule has 4 unspecified atom stereocenters. The topological polar surface area (TPSA) is 57.0 Å². The van der Waals surface area contributed by atoms with E-state index >= 15 is 0 Å². The molecule has 0 aliphatic carbocycles. The van der Waals surface area contributed by atoms with Gasteiger partial charge in [-0.2, -0.15) is 0 Å². The number of ketones is 1. The molecular formula is C13H21N3O2. The summed E-state index contributed by atoms with van der Waals surface area (Å²) in [5.41, 5.74) is 0.609. The second-order valence-corrected chi connectivity index (χ2v) is 5.14. The molecule has 0 bridgehead atoms. The number of aryl methyl sites for hydroxylation is 1. The number of Topliss-reactive ketones (excluding diaryl/α,β-unsaturated/α-hetero) is 1. The monoisotopic (exact) mass is 251 g/mol. The Bertz CT molecular complexity index is 430. The smallest absolute Gasteiger partial charge is 0.188 e. The summed E-state index contributed by atoms with van der Waals surface area (Å²) in [7, 11) is 0. The van der Waals surface area contributed by atoms with Gasteiger partial charge in [-0.1, -0.05) is 19.1 Å². The number of nitrogens with zero attached hydrogens (tertiary/aromatic N) is 3. The molecule has 4 atom stereocenters. The van der Waals surface area contributed by atoms with Crippen molar-refractivity contribution in [1.29, 1.82) is 0 Å². The highest BCUT2D eigenvalue weighted by molar-refractivity contribution is 5.96. The first-order chi connectivity index (χ1) is 8.56. The maximum atomic E-state index is 12.6. The van der Waals surface area contributed by atoms with Gasteiger partial charge in [0.1, 0.15) is 5.69 Å². The van der Waals surface area contributed by atoms with Crippen LogP contribution in [0.2, 0.25) is 0 Å². The Kier molecular flexibility index (Phi) is 3.80. The molecule has 1 saturated heterocycles. The zero-order chi connectivity index (χ0) is 13.3. The normalized spacial score (nSPS) is 31.8. The van der Waals surface area contributed by atoms with Crippen LogP contribution in [0, 0.1) is 11.8 Å². The van der Waals surface area contributed by atoms with Gasteiger partial charge in [0.25, 0.3) is 0 Å². The van der Waals surface area contributed by atoms with E-state index in [9.17, 15) is 4.79 Å². The fourth-order valence-corrected chi connectivity index (χ4v) is 2.71. The van der Waals surface area contributed by atoms with Crippen molar-refractivity contribution >= 4 is 5.78 Å². The summed E-state index contributed by atoms with van der Waals surface area (Å²) >= 11 is 0. The van der Waals surface area contributed by atoms with Crippen molar-refractivity contribution in [2.75, 3.05) is 0 Å². The number of aromatic nitrogens is 3. The highest BCUT2D eigenvalue weighted by atomic mass is 16.5. The van der Waals surface area contributed by atoms with E-state index in [-0.39, 0.29) is 29.8 Å². The second-order valence-electron chi connectivity index (χ2n) is 5.14. The summed E-state index contributed by atoms with van der Waals surface area (Å²) in [5.74, 6) is 0.254. The van der Waals surface area contributed by atoms with Gasteiger partial charge in [0.05, 0.1) is 24.3 Å². The minimum atomic E-state index is -0.0888. The van der Waals surface area contributed by atoms with Crippen molar-refractivity contribution in [2.24, 2.45) is 11.8 Å². The number of carbonyl (C=O) groups excluding carboxylic acids is 1. The van der Waals surface area contributed by atoms with Crippen molar-refractivity contribution in [2.45, 2.75) is 52.9 Å². The van der Waals surface area contributed by atoms with Gasteiger partial charge in [-0.15, -0.1) is 5.10 Å². The van der Waals surface area contributed by atoms with E-state index in [0.29, 0.717) is 5.69 Å². The molecule has 0 N–H and O–H groups in total. The van der Waals surface area contributed by atoms with Crippen molar-refractivity contribution in [1.82, 2.24) is 15.0 Å². The van der Waals surface area contributed by atoms with Gasteiger partial charge in [0.15, 0.2) is 5.78 Å². The molecule has 0 saturated carbocycles. The molecular weight excluding hydrogens is 230 g/mol. The van der Waals surface area contributed by atoms with Crippen LogP contribution < -0.4 is 0 Å². The van der Waals surface area contributed by atoms with Gasteiger partial charge in [-0.3, -0.25) is 4.79 Å². The van der Waals surface area contributed by atoms with E-state index < -0.39 is 0 Å². The van der Waals surface area contributed by atoms with E-state index in [1.807, 2.05) is 13.8 Å². The van der Waals surface area contributed by atoms with Gasteiger partial charge in [0.2, 0.25) is 0 Å². The molecule has 0 spiro atoms. The van der Waals surface area contributed by atoms with Crippen LogP contribution in [0.1, 0.15) is 44.6 Å². The van der Waals surface area contributed by atoms with E-state index in [4.69, 9.17) is 4.74 Å². The third-order valence-corrected chi connectivity index (χ3v) is 3.85. The fourth-order valence-electron chi connectivity index (χ4n) is 2.71. The van der Waals surface area contributed by atoms with E-state index in [2.05, 4.69) is 24.2 Å². The quantitative estimate of drug-likeness (QED) is 0.767. The molecule has 18 heavy (non-hydrogen) atoms. The first-order valence-corrected chi connectivity index (χ1v) is 6.64. The molecule has 0 aromatic carbocycles. The second kappa shape index (κ2) is 5.18. The van der Waals surface area contributed by atoms with Crippen LogP contribution in [0.3, 0.4) is 0 Å². The minimum Gasteiger partial charge on any atom is -0.374 e. The SMILES string of the molecule is CCCn1nncc1C(=O)C1C(C)OC(C)C1C. The van der Waals surface area contributed by atoms with E-state index in [1.54, 1.807) is 10.9 Å². The first-order valence-electron chi connectivity index (χ1n) is 6.64. The molecule has 5 nitrogen and oxygen atoms in total. The maximum absolute atomic E-state index is 12.6. The minimum absolute atomic E-state index is 0.0347. The number of hydrogen-bond acceptors (Lipinski definition) is 4. The summed E-state index contributed by atoms with van der Waals surface area (Å²) in [5, 5.41) is 7.83. The van der Waals surface area contributed by atoms with Crippen LogP contribution in [0.15, 0.2) is 6.20 Å². The van der Waals surface area contributed by atoms with E-state index in [1.165, 1.54) is 0 Å². The third kappa shape index (κ3) is 2.19. The average molecular weight is 251 g/mol. The average Bonchev–Trinajstić information content (AvgIpc) is 2.86. The zero-order valence-electron chi connectivity index (χ0n) is 11.5. The molecule has 2 rings (SSSR count). The molecule has 1 fully saturated rings. The molecule has 1 aromatic rings. The highest BCUT2D eigenvalue weighted by Gasteiger charge is 2.42. The summed E-state index contributed by atoms with van der Waals surface area (Å²) in [6.07, 6.45) is 2.60. The van der Waals surface area contributed by atoms with Crippen LogP contribution in [0.4, 0.5) is 0 Å². The van der Waals surface area contributed by atoms with Crippen LogP contribution in [0.5, 0.6) is 0 Å². The van der Waals surface area contributed by atoms with Crippen LogP contribution in [0.25, 0.3) is 0 Å². The van der Waals surface area contributed by atoms with Crippen molar-refractivity contribution in [3.05, 3.63) is 11.9 Å². The molecule has 1 aromatic heterocycles. The highest BCUT2D eigenvalue weighted by Crippen LogP contribution is 2.34. The Morgan fingerprint density at radius 2 is 2.11 bits per heavy atom. The Balaban J connectivity index is 2.23. The maximum Gasteiger partial charge on any atom is 0.188 e. The third-order valence-electron chi connectivity index (χ3n) is 3.85. The fraction of sp³-hybridized carbons (Fsp3) is 0.769.